The van der Waals surface area contributed by atoms with Crippen molar-refractivity contribution >= 4 is 22.6 Å². The first-order valence-electron chi connectivity index (χ1n) is 5.44. The van der Waals surface area contributed by atoms with Gasteiger partial charge in [-0.3, -0.25) is 4.79 Å². The van der Waals surface area contributed by atoms with Crippen LogP contribution in [0.2, 0.25) is 0 Å². The predicted molar refractivity (Wildman–Crippen MR) is 66.7 cm³/mol. The minimum Gasteiger partial charge on any atom is -0.289 e. The highest BCUT2D eigenvalue weighted by Crippen LogP contribution is 2.32. The van der Waals surface area contributed by atoms with Gasteiger partial charge in [0.25, 0.3) is 0 Å². The Balaban J connectivity index is 2.56. The van der Waals surface area contributed by atoms with Crippen molar-refractivity contribution in [2.24, 2.45) is 0 Å². The number of aryl methyl sites for hydroxylation is 1. The Morgan fingerprint density at radius 2 is 1.81 bits per heavy atom. The smallest absolute Gasteiger partial charge is 0.189 e. The number of Topliss-reactive ketones (excluding diaryl/α,β-unsaturated/α-hetero) is 1. The lowest BCUT2D eigenvalue weighted by molar-refractivity contribution is 0.103. The Hall–Kier alpha value is -1.89. The molecule has 1 aliphatic rings. The van der Waals surface area contributed by atoms with Crippen molar-refractivity contribution in [1.29, 1.82) is 0 Å². The molecule has 0 N–H and O–H groups in total. The summed E-state index contributed by atoms with van der Waals surface area (Å²) in [7, 11) is 0. The van der Waals surface area contributed by atoms with E-state index < -0.39 is 0 Å². The molecule has 2 aromatic rings. The number of benzene rings is 2. The number of allylic oxidation sites excluding steroid dienone is 1. The van der Waals surface area contributed by atoms with Gasteiger partial charge in [-0.2, -0.15) is 0 Å². The average molecular weight is 208 g/mol. The molecule has 2 aromatic carbocycles. The molecule has 0 amide bonds. The summed E-state index contributed by atoms with van der Waals surface area (Å²) in [4.78, 5) is 12.0. The standard InChI is InChI=1S/C15H12O/c1-9-6-7-11-8-10(2)15(16)13-5-3-4-12(9)14(11)13/h3-8H,1-2H3. The predicted octanol–water partition coefficient (Wildman–Crippen LogP) is 3.75. The Morgan fingerprint density at radius 1 is 1.00 bits per heavy atom. The van der Waals surface area contributed by atoms with Crippen molar-refractivity contribution in [1.82, 2.24) is 0 Å². The molecule has 0 radical (unpaired) electrons. The van der Waals surface area contributed by atoms with Gasteiger partial charge in [-0.05, 0) is 42.0 Å². The van der Waals surface area contributed by atoms with E-state index in [1.165, 1.54) is 10.9 Å². The maximum atomic E-state index is 12.0. The fourth-order valence-electron chi connectivity index (χ4n) is 2.40. The maximum absolute atomic E-state index is 12.0. The van der Waals surface area contributed by atoms with Crippen LogP contribution in [-0.2, 0) is 0 Å². The molecule has 16 heavy (non-hydrogen) atoms. The fourth-order valence-corrected chi connectivity index (χ4v) is 2.40. The molecule has 78 valence electrons. The second kappa shape index (κ2) is 3.05. The first-order chi connectivity index (χ1) is 7.68. The zero-order valence-electron chi connectivity index (χ0n) is 9.37. The normalized spacial score (nSPS) is 14.1. The topological polar surface area (TPSA) is 17.1 Å². The molecule has 0 aliphatic heterocycles. The fraction of sp³-hybridized carbons (Fsp3) is 0.133. The van der Waals surface area contributed by atoms with Crippen LogP contribution in [0.25, 0.3) is 16.8 Å². The van der Waals surface area contributed by atoms with E-state index in [4.69, 9.17) is 0 Å². The minimum absolute atomic E-state index is 0.156. The van der Waals surface area contributed by atoms with E-state index in [0.717, 1.165) is 22.1 Å². The minimum atomic E-state index is 0.156. The monoisotopic (exact) mass is 208 g/mol. The summed E-state index contributed by atoms with van der Waals surface area (Å²) in [5.74, 6) is 0.156. The quantitative estimate of drug-likeness (QED) is 0.644. The molecule has 0 unspecified atom stereocenters. The third-order valence-corrected chi connectivity index (χ3v) is 3.27. The van der Waals surface area contributed by atoms with Gasteiger partial charge >= 0.3 is 0 Å². The molecule has 0 atom stereocenters. The summed E-state index contributed by atoms with van der Waals surface area (Å²) in [6.07, 6.45) is 1.98. The number of hydrogen-bond donors (Lipinski definition) is 0. The first-order valence-corrected chi connectivity index (χ1v) is 5.44. The van der Waals surface area contributed by atoms with Crippen LogP contribution in [0.3, 0.4) is 0 Å². The number of carbonyl (C=O) groups is 1. The van der Waals surface area contributed by atoms with Gasteiger partial charge in [0.15, 0.2) is 5.78 Å². The van der Waals surface area contributed by atoms with E-state index in [9.17, 15) is 4.79 Å². The zero-order chi connectivity index (χ0) is 11.3. The molecule has 0 bridgehead atoms. The van der Waals surface area contributed by atoms with Crippen molar-refractivity contribution in [3.8, 4) is 0 Å². The molecule has 1 nitrogen and oxygen atoms in total. The van der Waals surface area contributed by atoms with Crippen molar-refractivity contribution < 1.29 is 4.79 Å². The molecule has 0 spiro atoms. The molecule has 0 saturated heterocycles. The summed E-state index contributed by atoms with van der Waals surface area (Å²) in [5.41, 5.74) is 4.05. The second-order valence-electron chi connectivity index (χ2n) is 4.36. The van der Waals surface area contributed by atoms with Crippen LogP contribution in [-0.4, -0.2) is 5.78 Å². The van der Waals surface area contributed by atoms with Gasteiger partial charge in [-0.1, -0.05) is 30.3 Å². The van der Waals surface area contributed by atoms with E-state index >= 15 is 0 Å². The lowest BCUT2D eigenvalue weighted by Gasteiger charge is -2.15. The highest BCUT2D eigenvalue weighted by atomic mass is 16.1. The molecule has 1 heteroatoms. The molecule has 0 saturated carbocycles. The van der Waals surface area contributed by atoms with Crippen LogP contribution < -0.4 is 0 Å². The Kier molecular flexibility index (Phi) is 1.78. The van der Waals surface area contributed by atoms with Crippen LogP contribution in [0.1, 0.15) is 28.4 Å². The van der Waals surface area contributed by atoms with E-state index in [1.54, 1.807) is 0 Å². The Morgan fingerprint density at radius 3 is 2.62 bits per heavy atom. The third-order valence-electron chi connectivity index (χ3n) is 3.27. The maximum Gasteiger partial charge on any atom is 0.189 e. The number of carbonyl (C=O) groups excluding carboxylic acids is 1. The molecular weight excluding hydrogens is 196 g/mol. The molecule has 0 aromatic heterocycles. The van der Waals surface area contributed by atoms with Crippen LogP contribution in [0.4, 0.5) is 0 Å². The lowest BCUT2D eigenvalue weighted by atomic mass is 9.87. The summed E-state index contributed by atoms with van der Waals surface area (Å²) in [5, 5.41) is 2.30. The highest BCUT2D eigenvalue weighted by molar-refractivity contribution is 6.22. The SMILES string of the molecule is CC1=Cc2ccc(C)c3cccc(c23)C1=O. The molecule has 0 heterocycles. The van der Waals surface area contributed by atoms with E-state index in [1.807, 2.05) is 25.1 Å². The first kappa shape index (κ1) is 9.34. The van der Waals surface area contributed by atoms with Crippen molar-refractivity contribution in [2.45, 2.75) is 13.8 Å². The highest BCUT2D eigenvalue weighted by Gasteiger charge is 2.19. The molecule has 0 fully saturated rings. The van der Waals surface area contributed by atoms with Crippen LogP contribution >= 0.6 is 0 Å². The zero-order valence-corrected chi connectivity index (χ0v) is 9.37. The van der Waals surface area contributed by atoms with Crippen LogP contribution in [0.15, 0.2) is 35.9 Å². The lowest BCUT2D eigenvalue weighted by Crippen LogP contribution is -2.06. The van der Waals surface area contributed by atoms with Gasteiger partial charge in [0.1, 0.15) is 0 Å². The van der Waals surface area contributed by atoms with Gasteiger partial charge < -0.3 is 0 Å². The van der Waals surface area contributed by atoms with Crippen molar-refractivity contribution in [2.75, 3.05) is 0 Å². The van der Waals surface area contributed by atoms with Gasteiger partial charge in [0.2, 0.25) is 0 Å². The van der Waals surface area contributed by atoms with Crippen molar-refractivity contribution in [3.63, 3.8) is 0 Å². The van der Waals surface area contributed by atoms with Gasteiger partial charge in [-0.25, -0.2) is 0 Å². The second-order valence-corrected chi connectivity index (χ2v) is 4.36. The average Bonchev–Trinajstić information content (AvgIpc) is 2.30. The van der Waals surface area contributed by atoms with Gasteiger partial charge in [-0.15, -0.1) is 0 Å². The Bertz CT molecular complexity index is 648. The Labute approximate surface area is 94.4 Å². The van der Waals surface area contributed by atoms with Gasteiger partial charge in [0, 0.05) is 10.9 Å². The summed E-state index contributed by atoms with van der Waals surface area (Å²) >= 11 is 0. The summed E-state index contributed by atoms with van der Waals surface area (Å²) in [6.45, 7) is 3.96. The van der Waals surface area contributed by atoms with Crippen molar-refractivity contribution in [3.05, 3.63) is 52.6 Å². The van der Waals surface area contributed by atoms with Gasteiger partial charge in [0.05, 0.1) is 0 Å². The molecule has 1 aliphatic carbocycles. The third kappa shape index (κ3) is 1.09. The van der Waals surface area contributed by atoms with E-state index in [-0.39, 0.29) is 5.78 Å². The van der Waals surface area contributed by atoms with E-state index in [0.29, 0.717) is 0 Å². The number of rotatable bonds is 0. The number of hydrogen-bond acceptors (Lipinski definition) is 1. The van der Waals surface area contributed by atoms with E-state index in [2.05, 4.69) is 25.1 Å². The van der Waals surface area contributed by atoms with Crippen LogP contribution in [0, 0.1) is 6.92 Å². The number of ketones is 1. The molecule has 3 rings (SSSR count). The summed E-state index contributed by atoms with van der Waals surface area (Å²) in [6, 6.07) is 10.2. The largest absolute Gasteiger partial charge is 0.289 e. The summed E-state index contributed by atoms with van der Waals surface area (Å²) < 4.78 is 0. The van der Waals surface area contributed by atoms with Crippen LogP contribution in [0.5, 0.6) is 0 Å². The molecular formula is C15H12O.